The Morgan fingerprint density at radius 3 is 2.44 bits per heavy atom. The van der Waals surface area contributed by atoms with Gasteiger partial charge < -0.3 is 15.0 Å². The van der Waals surface area contributed by atoms with Crippen molar-refractivity contribution in [1.29, 1.82) is 0 Å². The van der Waals surface area contributed by atoms with E-state index in [0.29, 0.717) is 17.1 Å². The number of aromatic nitrogens is 5. The Labute approximate surface area is 142 Å². The molecule has 0 aromatic carbocycles. The molecule has 0 spiro atoms. The van der Waals surface area contributed by atoms with Gasteiger partial charge in [0.1, 0.15) is 10.7 Å². The molecule has 3 heterocycles. The van der Waals surface area contributed by atoms with Gasteiger partial charge in [0.25, 0.3) is 11.1 Å². The first kappa shape index (κ1) is 16.4. The van der Waals surface area contributed by atoms with Gasteiger partial charge in [-0.2, -0.15) is 0 Å². The molecule has 0 aliphatic carbocycles. The fourth-order valence-electron chi connectivity index (χ4n) is 2.38. The number of aryl methyl sites for hydroxylation is 1. The molecule has 25 heavy (non-hydrogen) atoms. The van der Waals surface area contributed by atoms with Crippen LogP contribution in [0.5, 0.6) is 0 Å². The van der Waals surface area contributed by atoms with Crippen molar-refractivity contribution in [3.63, 3.8) is 0 Å². The van der Waals surface area contributed by atoms with Crippen molar-refractivity contribution >= 4 is 17.7 Å². The highest BCUT2D eigenvalue weighted by Crippen LogP contribution is 2.12. The SMILES string of the molecule is C=C(C)c1[nH]cnc1/C=c1\[nH]c(=O)/c(=C/c2cccc(C)n2)[nH]c1=O. The Bertz CT molecular complexity index is 1180. The summed E-state index contributed by atoms with van der Waals surface area (Å²) in [4.78, 5) is 41.1. The second kappa shape index (κ2) is 6.56. The van der Waals surface area contributed by atoms with Crippen LogP contribution in [-0.4, -0.2) is 24.9 Å². The molecule has 0 bridgehead atoms. The van der Waals surface area contributed by atoms with Crippen LogP contribution in [0.25, 0.3) is 17.7 Å². The van der Waals surface area contributed by atoms with Crippen LogP contribution >= 0.6 is 0 Å². The smallest absolute Gasteiger partial charge is 0.272 e. The predicted octanol–water partition coefficient (Wildman–Crippen LogP) is 0.180. The third-order valence-electron chi connectivity index (χ3n) is 3.56. The van der Waals surface area contributed by atoms with Gasteiger partial charge in [0.05, 0.1) is 23.4 Å². The van der Waals surface area contributed by atoms with Crippen molar-refractivity contribution in [2.45, 2.75) is 13.8 Å². The summed E-state index contributed by atoms with van der Waals surface area (Å²) >= 11 is 0. The molecule has 0 aliphatic rings. The van der Waals surface area contributed by atoms with Crippen LogP contribution in [-0.2, 0) is 0 Å². The second-order valence-electron chi connectivity index (χ2n) is 5.67. The quantitative estimate of drug-likeness (QED) is 0.634. The molecule has 0 fully saturated rings. The number of allylic oxidation sites excluding steroid dienone is 1. The zero-order valence-corrected chi connectivity index (χ0v) is 13.9. The maximum Gasteiger partial charge on any atom is 0.272 e. The lowest BCUT2D eigenvalue weighted by atomic mass is 10.2. The van der Waals surface area contributed by atoms with E-state index in [-0.39, 0.29) is 10.7 Å². The van der Waals surface area contributed by atoms with Gasteiger partial charge in [-0.25, -0.2) is 4.98 Å². The number of pyridine rings is 1. The van der Waals surface area contributed by atoms with Crippen molar-refractivity contribution < 1.29 is 0 Å². The highest BCUT2D eigenvalue weighted by atomic mass is 16.1. The molecule has 3 N–H and O–H groups in total. The second-order valence-corrected chi connectivity index (χ2v) is 5.67. The van der Waals surface area contributed by atoms with Crippen LogP contribution in [0.3, 0.4) is 0 Å². The average molecular weight is 335 g/mol. The maximum absolute atomic E-state index is 12.3. The van der Waals surface area contributed by atoms with Gasteiger partial charge in [0.2, 0.25) is 0 Å². The maximum atomic E-state index is 12.3. The zero-order valence-electron chi connectivity index (χ0n) is 13.9. The van der Waals surface area contributed by atoms with Crippen LogP contribution in [0.1, 0.15) is 29.7 Å². The highest BCUT2D eigenvalue weighted by Gasteiger charge is 2.04. The molecule has 0 aliphatic heterocycles. The van der Waals surface area contributed by atoms with Crippen molar-refractivity contribution in [1.82, 2.24) is 24.9 Å². The number of H-pyrrole nitrogens is 3. The summed E-state index contributed by atoms with van der Waals surface area (Å²) in [6, 6.07) is 5.44. The molecule has 3 rings (SSSR count). The van der Waals surface area contributed by atoms with E-state index >= 15 is 0 Å². The first-order valence-corrected chi connectivity index (χ1v) is 7.63. The monoisotopic (exact) mass is 335 g/mol. The molecule has 3 aromatic rings. The minimum atomic E-state index is -0.422. The van der Waals surface area contributed by atoms with Gasteiger partial charge in [-0.15, -0.1) is 0 Å². The van der Waals surface area contributed by atoms with E-state index in [0.717, 1.165) is 11.3 Å². The number of hydrogen-bond donors (Lipinski definition) is 3. The first-order valence-electron chi connectivity index (χ1n) is 7.63. The summed E-state index contributed by atoms with van der Waals surface area (Å²) in [6.07, 6.45) is 4.55. The fourth-order valence-corrected chi connectivity index (χ4v) is 2.38. The van der Waals surface area contributed by atoms with E-state index in [1.54, 1.807) is 6.07 Å². The van der Waals surface area contributed by atoms with Crippen LogP contribution < -0.4 is 21.8 Å². The van der Waals surface area contributed by atoms with Crippen LogP contribution in [0.15, 0.2) is 40.7 Å². The number of aromatic amines is 3. The Morgan fingerprint density at radius 1 is 1.12 bits per heavy atom. The summed E-state index contributed by atoms with van der Waals surface area (Å²) in [5, 5.41) is 0.261. The van der Waals surface area contributed by atoms with Crippen LogP contribution in [0.2, 0.25) is 0 Å². The lowest BCUT2D eigenvalue weighted by molar-refractivity contribution is 0.998. The van der Waals surface area contributed by atoms with E-state index in [4.69, 9.17) is 0 Å². The molecule has 0 unspecified atom stereocenters. The summed E-state index contributed by atoms with van der Waals surface area (Å²) in [6.45, 7) is 7.52. The molecular formula is C18H17N5O2. The lowest BCUT2D eigenvalue weighted by Gasteiger charge is -1.96. The van der Waals surface area contributed by atoms with Gasteiger partial charge in [-0.1, -0.05) is 12.6 Å². The summed E-state index contributed by atoms with van der Waals surface area (Å²) in [7, 11) is 0. The number of nitrogens with one attached hydrogen (secondary N) is 3. The molecule has 126 valence electrons. The lowest BCUT2D eigenvalue weighted by Crippen LogP contribution is -2.46. The van der Waals surface area contributed by atoms with Crippen LogP contribution in [0.4, 0.5) is 0 Å². The Hall–Kier alpha value is -3.48. The van der Waals surface area contributed by atoms with E-state index in [2.05, 4.69) is 31.5 Å². The van der Waals surface area contributed by atoms with Gasteiger partial charge >= 0.3 is 0 Å². The number of hydrogen-bond acceptors (Lipinski definition) is 4. The van der Waals surface area contributed by atoms with Crippen LogP contribution in [0, 0.1) is 6.92 Å². The third kappa shape index (κ3) is 3.55. The molecular weight excluding hydrogens is 318 g/mol. The molecule has 3 aromatic heterocycles. The minimum Gasteiger partial charge on any atom is -0.344 e. The Morgan fingerprint density at radius 2 is 1.80 bits per heavy atom. The highest BCUT2D eigenvalue weighted by molar-refractivity contribution is 5.66. The van der Waals surface area contributed by atoms with Crippen molar-refractivity contribution in [3.8, 4) is 0 Å². The third-order valence-corrected chi connectivity index (χ3v) is 3.56. The van der Waals surface area contributed by atoms with E-state index in [1.165, 1.54) is 18.5 Å². The van der Waals surface area contributed by atoms with E-state index < -0.39 is 11.1 Å². The Kier molecular flexibility index (Phi) is 4.30. The van der Waals surface area contributed by atoms with E-state index in [1.807, 2.05) is 26.0 Å². The topological polar surface area (TPSA) is 107 Å². The van der Waals surface area contributed by atoms with Crippen molar-refractivity contribution in [2.75, 3.05) is 0 Å². The molecule has 0 saturated carbocycles. The standard InChI is InChI=1S/C18H17N5O2/c1-10(2)16-13(19-9-20-16)8-15-18(25)22-14(17(24)23-15)7-12-6-4-5-11(3)21-12/h4-9H,1H2,2-3H3,(H,19,20)(H,22,25)(H,23,24)/b14-7-,15-8-. The molecule has 7 heteroatoms. The molecule has 0 atom stereocenters. The molecule has 7 nitrogen and oxygen atoms in total. The summed E-state index contributed by atoms with van der Waals surface area (Å²) in [5.74, 6) is 0. The number of imidazole rings is 1. The predicted molar refractivity (Wildman–Crippen MR) is 96.3 cm³/mol. The minimum absolute atomic E-state index is 0.119. The summed E-state index contributed by atoms with van der Waals surface area (Å²) < 4.78 is 0. The molecule has 0 saturated heterocycles. The summed E-state index contributed by atoms with van der Waals surface area (Å²) in [5.41, 5.74) is 2.59. The molecule has 0 radical (unpaired) electrons. The number of rotatable bonds is 3. The molecule has 0 amide bonds. The average Bonchev–Trinajstić information content (AvgIpc) is 3.01. The van der Waals surface area contributed by atoms with Gasteiger partial charge in [0.15, 0.2) is 0 Å². The number of nitrogens with zero attached hydrogens (tertiary/aromatic N) is 2. The fraction of sp³-hybridized carbons (Fsp3) is 0.111. The van der Waals surface area contributed by atoms with Crippen molar-refractivity contribution in [2.24, 2.45) is 0 Å². The van der Waals surface area contributed by atoms with Gasteiger partial charge in [0, 0.05) is 5.69 Å². The van der Waals surface area contributed by atoms with Gasteiger partial charge in [-0.05, 0) is 43.7 Å². The largest absolute Gasteiger partial charge is 0.344 e. The zero-order chi connectivity index (χ0) is 18.0. The van der Waals surface area contributed by atoms with E-state index in [9.17, 15) is 9.59 Å². The first-order chi connectivity index (χ1) is 11.9. The normalized spacial score (nSPS) is 12.6. The van der Waals surface area contributed by atoms with Gasteiger partial charge in [-0.3, -0.25) is 14.6 Å². The van der Waals surface area contributed by atoms with Crippen molar-refractivity contribution in [3.05, 3.63) is 85.3 Å². The Balaban J connectivity index is 2.15.